The van der Waals surface area contributed by atoms with Gasteiger partial charge in [0.2, 0.25) is 0 Å². The van der Waals surface area contributed by atoms with Gasteiger partial charge in [0.05, 0.1) is 6.26 Å². The van der Waals surface area contributed by atoms with E-state index in [4.69, 9.17) is 4.42 Å². The Kier molecular flexibility index (Phi) is 3.00. The van der Waals surface area contributed by atoms with Crippen LogP contribution in [-0.2, 0) is 6.42 Å². The van der Waals surface area contributed by atoms with Gasteiger partial charge in [0.15, 0.2) is 0 Å². The molecule has 3 heteroatoms. The zero-order valence-electron chi connectivity index (χ0n) is 9.86. The number of hydrogen-bond donors (Lipinski definition) is 1. The minimum atomic E-state index is -0.938. The Labute approximate surface area is 99.7 Å². The van der Waals surface area contributed by atoms with E-state index in [1.54, 1.807) is 0 Å². The van der Waals surface area contributed by atoms with Crippen LogP contribution in [0.25, 0.3) is 11.3 Å². The first kappa shape index (κ1) is 11.5. The van der Waals surface area contributed by atoms with Gasteiger partial charge in [-0.25, -0.2) is 4.79 Å². The summed E-state index contributed by atoms with van der Waals surface area (Å²) in [5.41, 5.74) is 2.89. The number of hydrogen-bond acceptors (Lipinski definition) is 2. The summed E-state index contributed by atoms with van der Waals surface area (Å²) < 4.78 is 5.41. The van der Waals surface area contributed by atoms with Crippen LogP contribution in [0, 0.1) is 6.92 Å². The fourth-order valence-corrected chi connectivity index (χ4v) is 1.89. The fourth-order valence-electron chi connectivity index (χ4n) is 1.89. The van der Waals surface area contributed by atoms with Crippen molar-refractivity contribution in [2.45, 2.75) is 20.3 Å². The highest BCUT2D eigenvalue weighted by molar-refractivity contribution is 5.96. The van der Waals surface area contributed by atoms with E-state index < -0.39 is 5.97 Å². The molecule has 0 radical (unpaired) electrons. The topological polar surface area (TPSA) is 50.4 Å². The Bertz CT molecular complexity index is 552. The molecule has 3 nitrogen and oxygen atoms in total. The molecule has 0 saturated heterocycles. The van der Waals surface area contributed by atoms with E-state index >= 15 is 0 Å². The largest absolute Gasteiger partial charge is 0.478 e. The van der Waals surface area contributed by atoms with E-state index in [1.807, 2.05) is 38.1 Å². The molecule has 17 heavy (non-hydrogen) atoms. The van der Waals surface area contributed by atoms with Crippen molar-refractivity contribution in [2.75, 3.05) is 0 Å². The van der Waals surface area contributed by atoms with Crippen LogP contribution in [0.15, 0.2) is 34.9 Å². The van der Waals surface area contributed by atoms with Crippen LogP contribution >= 0.6 is 0 Å². The number of aromatic carboxylic acids is 1. The second-order valence-electron chi connectivity index (χ2n) is 3.99. The van der Waals surface area contributed by atoms with E-state index in [0.29, 0.717) is 12.2 Å². The van der Waals surface area contributed by atoms with Crippen molar-refractivity contribution in [1.82, 2.24) is 0 Å². The molecule has 1 N–H and O–H groups in total. The van der Waals surface area contributed by atoms with E-state index in [9.17, 15) is 9.90 Å². The van der Waals surface area contributed by atoms with Crippen molar-refractivity contribution < 1.29 is 14.3 Å². The van der Waals surface area contributed by atoms with Gasteiger partial charge in [0.25, 0.3) is 0 Å². The van der Waals surface area contributed by atoms with E-state index in [1.165, 1.54) is 6.26 Å². The molecule has 0 unspecified atom stereocenters. The summed E-state index contributed by atoms with van der Waals surface area (Å²) >= 11 is 0. The summed E-state index contributed by atoms with van der Waals surface area (Å²) in [6, 6.07) is 7.64. The molecule has 1 aromatic carbocycles. The average Bonchev–Trinajstić information content (AvgIpc) is 2.72. The lowest BCUT2D eigenvalue weighted by Crippen LogP contribution is -2.00. The second-order valence-corrected chi connectivity index (χ2v) is 3.99. The number of benzene rings is 1. The number of carboxylic acid groups (broad SMARTS) is 1. The van der Waals surface area contributed by atoms with Gasteiger partial charge in [-0.15, -0.1) is 0 Å². The van der Waals surface area contributed by atoms with Crippen molar-refractivity contribution in [2.24, 2.45) is 0 Å². The Morgan fingerprint density at radius 2 is 2.18 bits per heavy atom. The molecular formula is C14H14O3. The molecule has 2 rings (SSSR count). The summed E-state index contributed by atoms with van der Waals surface area (Å²) in [5, 5.41) is 9.24. The highest BCUT2D eigenvalue weighted by atomic mass is 16.4. The van der Waals surface area contributed by atoms with Gasteiger partial charge in [-0.3, -0.25) is 0 Å². The van der Waals surface area contributed by atoms with E-state index in [0.717, 1.165) is 16.7 Å². The van der Waals surface area contributed by atoms with Gasteiger partial charge in [-0.2, -0.15) is 0 Å². The van der Waals surface area contributed by atoms with Gasteiger partial charge in [0, 0.05) is 11.1 Å². The molecule has 0 saturated carbocycles. The SMILES string of the molecule is CCc1coc(-c2cccc(C)c2)c1C(=O)O. The Morgan fingerprint density at radius 1 is 1.41 bits per heavy atom. The minimum absolute atomic E-state index is 0.276. The number of carbonyl (C=O) groups is 1. The summed E-state index contributed by atoms with van der Waals surface area (Å²) in [7, 11) is 0. The normalized spacial score (nSPS) is 10.5. The molecule has 0 aliphatic heterocycles. The number of rotatable bonds is 3. The quantitative estimate of drug-likeness (QED) is 0.877. The van der Waals surface area contributed by atoms with Crippen LogP contribution < -0.4 is 0 Å². The smallest absolute Gasteiger partial charge is 0.339 e. The lowest BCUT2D eigenvalue weighted by molar-refractivity contribution is 0.0696. The predicted octanol–water partition coefficient (Wildman–Crippen LogP) is 3.52. The number of carboxylic acids is 1. The molecule has 0 bridgehead atoms. The third kappa shape index (κ3) is 2.09. The monoisotopic (exact) mass is 230 g/mol. The first-order valence-electron chi connectivity index (χ1n) is 5.54. The van der Waals surface area contributed by atoms with E-state index in [2.05, 4.69) is 0 Å². The summed E-state index contributed by atoms with van der Waals surface area (Å²) in [4.78, 5) is 11.3. The zero-order chi connectivity index (χ0) is 12.4. The van der Waals surface area contributed by atoms with Crippen molar-refractivity contribution >= 4 is 5.97 Å². The van der Waals surface area contributed by atoms with Gasteiger partial charge >= 0.3 is 5.97 Å². The average molecular weight is 230 g/mol. The van der Waals surface area contributed by atoms with Crippen molar-refractivity contribution in [3.63, 3.8) is 0 Å². The highest BCUT2D eigenvalue weighted by Crippen LogP contribution is 2.29. The highest BCUT2D eigenvalue weighted by Gasteiger charge is 2.20. The van der Waals surface area contributed by atoms with Crippen molar-refractivity contribution in [3.8, 4) is 11.3 Å². The van der Waals surface area contributed by atoms with Crippen molar-refractivity contribution in [3.05, 3.63) is 47.2 Å². The Balaban J connectivity index is 2.60. The maximum Gasteiger partial charge on any atom is 0.339 e. The van der Waals surface area contributed by atoms with Gasteiger partial charge in [0.1, 0.15) is 11.3 Å². The minimum Gasteiger partial charge on any atom is -0.478 e. The summed E-state index contributed by atoms with van der Waals surface area (Å²) in [6.07, 6.45) is 2.18. The summed E-state index contributed by atoms with van der Waals surface area (Å²) in [6.45, 7) is 3.88. The first-order chi connectivity index (χ1) is 8.13. The first-order valence-corrected chi connectivity index (χ1v) is 5.54. The molecule has 0 aliphatic carbocycles. The third-order valence-electron chi connectivity index (χ3n) is 2.74. The molecule has 2 aromatic rings. The summed E-state index contributed by atoms with van der Waals surface area (Å²) in [5.74, 6) is -0.495. The molecule has 0 amide bonds. The van der Waals surface area contributed by atoms with Crippen LogP contribution in [0.2, 0.25) is 0 Å². The molecule has 0 fully saturated rings. The van der Waals surface area contributed by atoms with Crippen LogP contribution in [0.5, 0.6) is 0 Å². The van der Waals surface area contributed by atoms with E-state index in [-0.39, 0.29) is 5.56 Å². The standard InChI is InChI=1S/C14H14O3/c1-3-10-8-17-13(12(10)14(15)16)11-6-4-5-9(2)7-11/h4-8H,3H2,1-2H3,(H,15,16). The zero-order valence-corrected chi connectivity index (χ0v) is 9.86. The van der Waals surface area contributed by atoms with Gasteiger partial charge in [-0.1, -0.05) is 30.7 Å². The molecule has 0 atom stereocenters. The molecule has 0 spiro atoms. The Morgan fingerprint density at radius 3 is 2.76 bits per heavy atom. The predicted molar refractivity (Wildman–Crippen MR) is 65.2 cm³/mol. The Hall–Kier alpha value is -2.03. The fraction of sp³-hybridized carbons (Fsp3) is 0.214. The lowest BCUT2D eigenvalue weighted by atomic mass is 10.0. The molecule has 1 heterocycles. The maximum absolute atomic E-state index is 11.3. The number of furan rings is 1. The van der Waals surface area contributed by atoms with Gasteiger partial charge < -0.3 is 9.52 Å². The van der Waals surface area contributed by atoms with Gasteiger partial charge in [-0.05, 0) is 19.4 Å². The van der Waals surface area contributed by atoms with Crippen LogP contribution in [-0.4, -0.2) is 11.1 Å². The lowest BCUT2D eigenvalue weighted by Gasteiger charge is -2.01. The third-order valence-corrected chi connectivity index (χ3v) is 2.74. The molecule has 0 aliphatic rings. The maximum atomic E-state index is 11.3. The van der Waals surface area contributed by atoms with Crippen LogP contribution in [0.3, 0.4) is 0 Å². The number of aryl methyl sites for hydroxylation is 2. The molecular weight excluding hydrogens is 216 g/mol. The molecule has 1 aromatic heterocycles. The van der Waals surface area contributed by atoms with Crippen molar-refractivity contribution in [1.29, 1.82) is 0 Å². The molecule has 88 valence electrons. The van der Waals surface area contributed by atoms with Crippen LogP contribution in [0.1, 0.15) is 28.4 Å². The second kappa shape index (κ2) is 4.45. The van der Waals surface area contributed by atoms with Crippen LogP contribution in [0.4, 0.5) is 0 Å².